The zero-order valence-corrected chi connectivity index (χ0v) is 10.1. The summed E-state index contributed by atoms with van der Waals surface area (Å²) < 4.78 is 40.0. The van der Waals surface area contributed by atoms with Crippen molar-refractivity contribution < 1.29 is 17.9 Å². The van der Waals surface area contributed by atoms with Crippen LogP contribution in [0.2, 0.25) is 0 Å². The van der Waals surface area contributed by atoms with Crippen molar-refractivity contribution in [2.45, 2.75) is 39.5 Å². The maximum absolute atomic E-state index is 12.0. The van der Waals surface area contributed by atoms with E-state index in [0.29, 0.717) is 5.92 Å². The molecule has 1 unspecified atom stereocenters. The van der Waals surface area contributed by atoms with E-state index in [1.807, 2.05) is 6.07 Å². The first-order chi connectivity index (χ1) is 7.90. The Labute approximate surface area is 99.6 Å². The van der Waals surface area contributed by atoms with Crippen molar-refractivity contribution in [2.75, 3.05) is 0 Å². The van der Waals surface area contributed by atoms with Crippen LogP contribution in [0.15, 0.2) is 24.3 Å². The minimum absolute atomic E-state index is 0.140. The quantitative estimate of drug-likeness (QED) is 0.739. The highest BCUT2D eigenvalue weighted by molar-refractivity contribution is 5.28. The van der Waals surface area contributed by atoms with Gasteiger partial charge in [-0.3, -0.25) is 0 Å². The molecule has 0 bridgehead atoms. The van der Waals surface area contributed by atoms with Gasteiger partial charge in [0.1, 0.15) is 5.75 Å². The van der Waals surface area contributed by atoms with Crippen molar-refractivity contribution in [1.29, 1.82) is 0 Å². The van der Waals surface area contributed by atoms with Crippen molar-refractivity contribution >= 4 is 0 Å². The molecule has 1 aromatic rings. The molecule has 0 aliphatic rings. The van der Waals surface area contributed by atoms with Crippen LogP contribution in [-0.2, 0) is 6.42 Å². The zero-order valence-electron chi connectivity index (χ0n) is 10.1. The number of ether oxygens (including phenoxy) is 1. The molecule has 0 N–H and O–H groups in total. The van der Waals surface area contributed by atoms with Crippen molar-refractivity contribution in [3.05, 3.63) is 29.8 Å². The molecule has 0 aliphatic carbocycles. The van der Waals surface area contributed by atoms with Crippen LogP contribution in [0, 0.1) is 5.92 Å². The minimum atomic E-state index is -4.62. The van der Waals surface area contributed by atoms with Crippen molar-refractivity contribution in [1.82, 2.24) is 0 Å². The maximum Gasteiger partial charge on any atom is 0.573 e. The van der Waals surface area contributed by atoms with Crippen LogP contribution in [0.25, 0.3) is 0 Å². The fourth-order valence-corrected chi connectivity index (χ4v) is 1.87. The van der Waals surface area contributed by atoms with Crippen LogP contribution < -0.4 is 4.74 Å². The van der Waals surface area contributed by atoms with Gasteiger partial charge in [0.25, 0.3) is 0 Å². The SMILES string of the molecule is CCCC(C)Cc1cccc(OC(F)(F)F)c1. The summed E-state index contributed by atoms with van der Waals surface area (Å²) in [6.07, 6.45) is -1.68. The van der Waals surface area contributed by atoms with E-state index in [0.717, 1.165) is 24.8 Å². The molecule has 4 heteroatoms. The smallest absolute Gasteiger partial charge is 0.406 e. The predicted octanol–water partition coefficient (Wildman–Crippen LogP) is 4.56. The van der Waals surface area contributed by atoms with E-state index in [9.17, 15) is 13.2 Å². The van der Waals surface area contributed by atoms with E-state index in [4.69, 9.17) is 0 Å². The number of halogens is 3. The Balaban J connectivity index is 2.66. The molecule has 96 valence electrons. The Hall–Kier alpha value is -1.19. The van der Waals surface area contributed by atoms with Crippen molar-refractivity contribution in [3.63, 3.8) is 0 Å². The summed E-state index contributed by atoms with van der Waals surface area (Å²) in [6, 6.07) is 6.20. The van der Waals surface area contributed by atoms with E-state index >= 15 is 0 Å². The summed E-state index contributed by atoms with van der Waals surface area (Å²) >= 11 is 0. The number of rotatable bonds is 5. The summed E-state index contributed by atoms with van der Waals surface area (Å²) in [5, 5.41) is 0. The van der Waals surface area contributed by atoms with E-state index in [1.165, 1.54) is 12.1 Å². The van der Waals surface area contributed by atoms with Crippen LogP contribution in [0.1, 0.15) is 32.3 Å². The number of hydrogen-bond donors (Lipinski definition) is 0. The molecule has 0 radical (unpaired) electrons. The van der Waals surface area contributed by atoms with Gasteiger partial charge < -0.3 is 4.74 Å². The molecule has 0 aliphatic heterocycles. The highest BCUT2D eigenvalue weighted by Crippen LogP contribution is 2.24. The second-order valence-electron chi connectivity index (χ2n) is 4.29. The normalized spacial score (nSPS) is 13.5. The van der Waals surface area contributed by atoms with Gasteiger partial charge in [0.15, 0.2) is 0 Å². The van der Waals surface area contributed by atoms with Gasteiger partial charge in [0.05, 0.1) is 0 Å². The molecule has 0 saturated heterocycles. The van der Waals surface area contributed by atoms with E-state index < -0.39 is 6.36 Å². The van der Waals surface area contributed by atoms with Crippen LogP contribution in [0.3, 0.4) is 0 Å². The number of benzene rings is 1. The standard InChI is InChI=1S/C13H17F3O/c1-3-5-10(2)8-11-6-4-7-12(9-11)17-13(14,15)16/h4,6-7,9-10H,3,5,8H2,1-2H3. The third kappa shape index (κ3) is 5.61. The van der Waals surface area contributed by atoms with Crippen LogP contribution in [0.5, 0.6) is 5.75 Å². The summed E-state index contributed by atoms with van der Waals surface area (Å²) in [5.41, 5.74) is 0.882. The molecule has 17 heavy (non-hydrogen) atoms. The fraction of sp³-hybridized carbons (Fsp3) is 0.538. The Morgan fingerprint density at radius 3 is 2.59 bits per heavy atom. The molecule has 0 heterocycles. The highest BCUT2D eigenvalue weighted by atomic mass is 19.4. The molecule has 1 aromatic carbocycles. The van der Waals surface area contributed by atoms with E-state index in [1.54, 1.807) is 6.07 Å². The minimum Gasteiger partial charge on any atom is -0.406 e. The average Bonchev–Trinajstić information content (AvgIpc) is 2.15. The average molecular weight is 246 g/mol. The first kappa shape index (κ1) is 13.9. The lowest BCUT2D eigenvalue weighted by molar-refractivity contribution is -0.274. The topological polar surface area (TPSA) is 9.23 Å². The lowest BCUT2D eigenvalue weighted by Gasteiger charge is -2.12. The van der Waals surface area contributed by atoms with Crippen LogP contribution in [0.4, 0.5) is 13.2 Å². The monoisotopic (exact) mass is 246 g/mol. The molecular formula is C13H17F3O. The van der Waals surface area contributed by atoms with Gasteiger partial charge in [-0.2, -0.15) is 0 Å². The molecule has 1 atom stereocenters. The van der Waals surface area contributed by atoms with Crippen molar-refractivity contribution in [2.24, 2.45) is 5.92 Å². The Morgan fingerprint density at radius 2 is 2.00 bits per heavy atom. The molecule has 0 aromatic heterocycles. The largest absolute Gasteiger partial charge is 0.573 e. The Morgan fingerprint density at radius 1 is 1.29 bits per heavy atom. The van der Waals surface area contributed by atoms with Gasteiger partial charge in [-0.05, 0) is 30.0 Å². The summed E-state index contributed by atoms with van der Waals surface area (Å²) in [6.45, 7) is 4.19. The van der Waals surface area contributed by atoms with Gasteiger partial charge in [-0.15, -0.1) is 13.2 Å². The first-order valence-electron chi connectivity index (χ1n) is 5.75. The zero-order chi connectivity index (χ0) is 12.9. The van der Waals surface area contributed by atoms with Gasteiger partial charge in [-0.1, -0.05) is 38.8 Å². The van der Waals surface area contributed by atoms with Crippen LogP contribution >= 0.6 is 0 Å². The second kappa shape index (κ2) is 5.94. The van der Waals surface area contributed by atoms with Gasteiger partial charge in [0, 0.05) is 0 Å². The highest BCUT2D eigenvalue weighted by Gasteiger charge is 2.31. The summed E-state index contributed by atoms with van der Waals surface area (Å²) in [4.78, 5) is 0. The van der Waals surface area contributed by atoms with Gasteiger partial charge >= 0.3 is 6.36 Å². The number of hydrogen-bond acceptors (Lipinski definition) is 1. The molecule has 1 nitrogen and oxygen atoms in total. The maximum atomic E-state index is 12.0. The molecule has 0 saturated carbocycles. The number of alkyl halides is 3. The molecule has 1 rings (SSSR count). The molecule has 0 spiro atoms. The van der Waals surface area contributed by atoms with E-state index in [-0.39, 0.29) is 5.75 Å². The first-order valence-corrected chi connectivity index (χ1v) is 5.75. The molecule has 0 amide bonds. The summed E-state index contributed by atoms with van der Waals surface area (Å²) in [7, 11) is 0. The lowest BCUT2D eigenvalue weighted by Crippen LogP contribution is -2.17. The molecular weight excluding hydrogens is 229 g/mol. The van der Waals surface area contributed by atoms with Gasteiger partial charge in [-0.25, -0.2) is 0 Å². The molecule has 0 fully saturated rings. The van der Waals surface area contributed by atoms with Gasteiger partial charge in [0.2, 0.25) is 0 Å². The fourth-order valence-electron chi connectivity index (χ4n) is 1.87. The second-order valence-corrected chi connectivity index (χ2v) is 4.29. The third-order valence-electron chi connectivity index (χ3n) is 2.50. The third-order valence-corrected chi connectivity index (χ3v) is 2.50. The summed E-state index contributed by atoms with van der Waals surface area (Å²) in [5.74, 6) is 0.333. The predicted molar refractivity (Wildman–Crippen MR) is 60.9 cm³/mol. The van der Waals surface area contributed by atoms with Crippen LogP contribution in [-0.4, -0.2) is 6.36 Å². The van der Waals surface area contributed by atoms with Crippen molar-refractivity contribution in [3.8, 4) is 5.75 Å². The lowest BCUT2D eigenvalue weighted by atomic mass is 9.97. The Kier molecular flexibility index (Phi) is 4.85. The Bertz CT molecular complexity index is 347. The van der Waals surface area contributed by atoms with E-state index in [2.05, 4.69) is 18.6 Å².